The van der Waals surface area contributed by atoms with E-state index >= 15 is 0 Å². The SMILES string of the molecule is NC(=O)CCCCCCCNC(=O)CCc1ccc2c(c1)[nH]c1ccncc12. The lowest BCUT2D eigenvalue weighted by molar-refractivity contribution is -0.121. The second-order valence-corrected chi connectivity index (χ2v) is 7.26. The highest BCUT2D eigenvalue weighted by Gasteiger charge is 2.06. The number of aromatic amines is 1. The first-order valence-corrected chi connectivity index (χ1v) is 10.0. The molecule has 3 rings (SSSR count). The van der Waals surface area contributed by atoms with Gasteiger partial charge in [-0.05, 0) is 37.0 Å². The van der Waals surface area contributed by atoms with Crippen molar-refractivity contribution >= 4 is 33.6 Å². The van der Waals surface area contributed by atoms with Crippen LogP contribution in [-0.4, -0.2) is 28.3 Å². The topological polar surface area (TPSA) is 101 Å². The number of hydrogen-bond donors (Lipinski definition) is 3. The lowest BCUT2D eigenvalue weighted by Crippen LogP contribution is -2.24. The Balaban J connectivity index is 1.36. The number of carbonyl (C=O) groups excluding carboxylic acids is 2. The molecule has 2 amide bonds. The van der Waals surface area contributed by atoms with Crippen molar-refractivity contribution in [1.82, 2.24) is 15.3 Å². The van der Waals surface area contributed by atoms with Crippen LogP contribution in [0.5, 0.6) is 0 Å². The maximum atomic E-state index is 12.1. The third-order valence-corrected chi connectivity index (χ3v) is 5.03. The molecule has 0 aliphatic heterocycles. The van der Waals surface area contributed by atoms with Gasteiger partial charge in [0.05, 0.1) is 0 Å². The van der Waals surface area contributed by atoms with Crippen LogP contribution < -0.4 is 11.1 Å². The number of carbonyl (C=O) groups is 2. The van der Waals surface area contributed by atoms with E-state index in [2.05, 4.69) is 33.5 Å². The fourth-order valence-corrected chi connectivity index (χ4v) is 3.48. The van der Waals surface area contributed by atoms with Crippen molar-refractivity contribution in [2.75, 3.05) is 6.54 Å². The molecule has 0 spiro atoms. The summed E-state index contributed by atoms with van der Waals surface area (Å²) in [6.45, 7) is 0.711. The van der Waals surface area contributed by atoms with Crippen LogP contribution in [0.15, 0.2) is 36.7 Å². The average Bonchev–Trinajstić information content (AvgIpc) is 3.06. The lowest BCUT2D eigenvalue weighted by Gasteiger charge is -2.06. The van der Waals surface area contributed by atoms with Crippen molar-refractivity contribution in [3.63, 3.8) is 0 Å². The van der Waals surface area contributed by atoms with Gasteiger partial charge in [0.25, 0.3) is 0 Å². The highest BCUT2D eigenvalue weighted by atomic mass is 16.1. The number of nitrogens with zero attached hydrogens (tertiary/aromatic N) is 1. The molecule has 0 bridgehead atoms. The highest BCUT2D eigenvalue weighted by molar-refractivity contribution is 6.06. The van der Waals surface area contributed by atoms with Crippen LogP contribution in [0, 0.1) is 0 Å². The fourth-order valence-electron chi connectivity index (χ4n) is 3.48. The van der Waals surface area contributed by atoms with Gasteiger partial charge in [-0.3, -0.25) is 14.6 Å². The summed E-state index contributed by atoms with van der Waals surface area (Å²) in [5, 5.41) is 5.27. The van der Waals surface area contributed by atoms with E-state index in [-0.39, 0.29) is 11.8 Å². The molecule has 0 fully saturated rings. The molecular weight excluding hydrogens is 352 g/mol. The van der Waals surface area contributed by atoms with E-state index in [0.717, 1.165) is 65.9 Å². The third kappa shape index (κ3) is 5.55. The molecule has 6 nitrogen and oxygen atoms in total. The normalized spacial score (nSPS) is 11.1. The van der Waals surface area contributed by atoms with E-state index in [1.165, 1.54) is 0 Å². The van der Waals surface area contributed by atoms with Crippen molar-refractivity contribution < 1.29 is 9.59 Å². The third-order valence-electron chi connectivity index (χ3n) is 5.03. The number of nitrogens with two attached hydrogens (primary N) is 1. The molecule has 3 aromatic rings. The molecule has 2 aromatic heterocycles. The van der Waals surface area contributed by atoms with Gasteiger partial charge in [0.1, 0.15) is 0 Å². The fraction of sp³-hybridized carbons (Fsp3) is 0.409. The summed E-state index contributed by atoms with van der Waals surface area (Å²) in [5.41, 5.74) is 8.42. The Labute approximate surface area is 164 Å². The van der Waals surface area contributed by atoms with Gasteiger partial charge in [-0.15, -0.1) is 0 Å². The number of aryl methyl sites for hydroxylation is 1. The molecule has 0 saturated carbocycles. The molecule has 0 unspecified atom stereocenters. The number of fused-ring (bicyclic) bond motifs is 3. The minimum atomic E-state index is -0.229. The van der Waals surface area contributed by atoms with E-state index < -0.39 is 0 Å². The van der Waals surface area contributed by atoms with Crippen LogP contribution in [0.4, 0.5) is 0 Å². The summed E-state index contributed by atoms with van der Waals surface area (Å²) in [7, 11) is 0. The maximum absolute atomic E-state index is 12.1. The lowest BCUT2D eigenvalue weighted by atomic mass is 10.1. The minimum Gasteiger partial charge on any atom is -0.370 e. The van der Waals surface area contributed by atoms with Crippen LogP contribution in [0.1, 0.15) is 50.5 Å². The van der Waals surface area contributed by atoms with E-state index in [4.69, 9.17) is 5.73 Å². The van der Waals surface area contributed by atoms with E-state index in [1.807, 2.05) is 12.3 Å². The standard InChI is InChI=1S/C22H28N4O2/c23-21(27)6-4-2-1-3-5-12-25-22(28)10-8-16-7-9-17-18-15-24-13-11-19(18)26-20(17)14-16/h7,9,11,13-15,26H,1-6,8,10,12H2,(H2,23,27)(H,25,28). The van der Waals surface area contributed by atoms with Gasteiger partial charge in [0.2, 0.25) is 11.8 Å². The summed E-state index contributed by atoms with van der Waals surface area (Å²) >= 11 is 0. The predicted molar refractivity (Wildman–Crippen MR) is 112 cm³/mol. The number of unbranched alkanes of at least 4 members (excludes halogenated alkanes) is 4. The number of nitrogens with one attached hydrogen (secondary N) is 2. The quantitative estimate of drug-likeness (QED) is 0.443. The van der Waals surface area contributed by atoms with E-state index in [0.29, 0.717) is 19.4 Å². The maximum Gasteiger partial charge on any atom is 0.220 e. The Morgan fingerprint density at radius 1 is 0.964 bits per heavy atom. The smallest absolute Gasteiger partial charge is 0.220 e. The van der Waals surface area contributed by atoms with E-state index in [1.54, 1.807) is 6.20 Å². The number of hydrogen-bond acceptors (Lipinski definition) is 3. The Bertz CT molecular complexity index is 948. The summed E-state index contributed by atoms with van der Waals surface area (Å²) < 4.78 is 0. The van der Waals surface area contributed by atoms with Crippen LogP contribution in [0.3, 0.4) is 0 Å². The molecule has 0 saturated heterocycles. The number of pyridine rings is 1. The second-order valence-electron chi connectivity index (χ2n) is 7.26. The van der Waals surface area contributed by atoms with E-state index in [9.17, 15) is 9.59 Å². The number of benzene rings is 1. The van der Waals surface area contributed by atoms with Crippen molar-refractivity contribution in [1.29, 1.82) is 0 Å². The molecule has 6 heteroatoms. The number of H-pyrrole nitrogens is 1. The van der Waals surface area contributed by atoms with Crippen molar-refractivity contribution in [2.45, 2.75) is 51.4 Å². The summed E-state index contributed by atoms with van der Waals surface area (Å²) in [4.78, 5) is 30.3. The summed E-state index contributed by atoms with van der Waals surface area (Å²) in [5.74, 6) is -0.136. The van der Waals surface area contributed by atoms with Crippen LogP contribution in [-0.2, 0) is 16.0 Å². The van der Waals surface area contributed by atoms with Crippen molar-refractivity contribution in [3.05, 3.63) is 42.2 Å². The Morgan fingerprint density at radius 2 is 1.79 bits per heavy atom. The highest BCUT2D eigenvalue weighted by Crippen LogP contribution is 2.25. The molecule has 2 heterocycles. The molecule has 0 atom stereocenters. The largest absolute Gasteiger partial charge is 0.370 e. The average molecular weight is 380 g/mol. The van der Waals surface area contributed by atoms with Gasteiger partial charge >= 0.3 is 0 Å². The van der Waals surface area contributed by atoms with Gasteiger partial charge in [-0.25, -0.2) is 0 Å². The van der Waals surface area contributed by atoms with Gasteiger partial charge in [-0.1, -0.05) is 31.4 Å². The molecule has 148 valence electrons. The zero-order valence-corrected chi connectivity index (χ0v) is 16.2. The Kier molecular flexibility index (Phi) is 7.00. The first kappa shape index (κ1) is 19.9. The molecule has 0 radical (unpaired) electrons. The molecule has 28 heavy (non-hydrogen) atoms. The summed E-state index contributed by atoms with van der Waals surface area (Å²) in [6, 6.07) is 8.28. The van der Waals surface area contributed by atoms with Gasteiger partial charge in [-0.2, -0.15) is 0 Å². The predicted octanol–water partition coefficient (Wildman–Crippen LogP) is 3.59. The zero-order chi connectivity index (χ0) is 19.8. The van der Waals surface area contributed by atoms with Crippen LogP contribution in [0.2, 0.25) is 0 Å². The van der Waals surface area contributed by atoms with Gasteiger partial charge in [0, 0.05) is 53.6 Å². The van der Waals surface area contributed by atoms with Crippen molar-refractivity contribution in [3.8, 4) is 0 Å². The Morgan fingerprint density at radius 3 is 2.64 bits per heavy atom. The van der Waals surface area contributed by atoms with Crippen LogP contribution in [0.25, 0.3) is 21.8 Å². The second kappa shape index (κ2) is 9.88. The summed E-state index contributed by atoms with van der Waals surface area (Å²) in [6.07, 6.45) is 10.3. The number of amides is 2. The Hall–Kier alpha value is -2.89. The molecule has 0 aliphatic carbocycles. The van der Waals surface area contributed by atoms with Gasteiger partial charge in [0.15, 0.2) is 0 Å². The monoisotopic (exact) mass is 380 g/mol. The minimum absolute atomic E-state index is 0.0923. The number of primary amides is 1. The number of rotatable bonds is 11. The molecule has 1 aromatic carbocycles. The zero-order valence-electron chi connectivity index (χ0n) is 16.2. The first-order valence-electron chi connectivity index (χ1n) is 10.0. The number of aromatic nitrogens is 2. The van der Waals surface area contributed by atoms with Crippen LogP contribution >= 0.6 is 0 Å². The molecular formula is C22H28N4O2. The molecule has 4 N–H and O–H groups in total. The molecule has 0 aliphatic rings. The van der Waals surface area contributed by atoms with Crippen molar-refractivity contribution in [2.24, 2.45) is 5.73 Å². The first-order chi connectivity index (χ1) is 13.6. The van der Waals surface area contributed by atoms with Gasteiger partial charge < -0.3 is 16.0 Å².